The summed E-state index contributed by atoms with van der Waals surface area (Å²) in [5.74, 6) is 0.0575. The molecule has 0 fully saturated rings. The van der Waals surface area contributed by atoms with Crippen LogP contribution in [0.25, 0.3) is 0 Å². The van der Waals surface area contributed by atoms with Gasteiger partial charge in [0.25, 0.3) is 5.91 Å². The van der Waals surface area contributed by atoms with Gasteiger partial charge in [0.05, 0.1) is 25.3 Å². The van der Waals surface area contributed by atoms with Crippen molar-refractivity contribution in [2.45, 2.75) is 13.1 Å². The molecule has 3 heterocycles. The van der Waals surface area contributed by atoms with E-state index in [-0.39, 0.29) is 11.7 Å². The lowest BCUT2D eigenvalue weighted by atomic mass is 10.2. The highest BCUT2D eigenvalue weighted by atomic mass is 32.1. The first kappa shape index (κ1) is 12.7. The third-order valence-corrected chi connectivity index (χ3v) is 3.68. The number of furan rings is 1. The molecule has 0 aliphatic heterocycles. The number of carbonyl (C=O) groups excluding carboxylic acids is 1. The number of hydrogen-bond acceptors (Lipinski definition) is 5. The maximum atomic E-state index is 12.4. The van der Waals surface area contributed by atoms with Crippen LogP contribution in [0.5, 0.6) is 0 Å². The lowest BCUT2D eigenvalue weighted by Gasteiger charge is -2.19. The molecular weight excluding hydrogens is 276 g/mol. The number of rotatable bonds is 5. The highest BCUT2D eigenvalue weighted by molar-refractivity contribution is 7.09. The van der Waals surface area contributed by atoms with Crippen LogP contribution >= 0.6 is 11.3 Å². The molecule has 20 heavy (non-hydrogen) atoms. The summed E-state index contributed by atoms with van der Waals surface area (Å²) in [7, 11) is 0. The Bertz CT molecular complexity index is 608. The predicted octanol–water partition coefficient (Wildman–Crippen LogP) is 3.17. The van der Waals surface area contributed by atoms with E-state index in [1.54, 1.807) is 34.8 Å². The molecule has 0 aliphatic rings. The second-order valence-electron chi connectivity index (χ2n) is 4.25. The summed E-state index contributed by atoms with van der Waals surface area (Å²) < 4.78 is 10.0. The van der Waals surface area contributed by atoms with Gasteiger partial charge in [-0.25, -0.2) is 0 Å². The Morgan fingerprint density at radius 3 is 2.90 bits per heavy atom. The number of hydrogen-bond donors (Lipinski definition) is 0. The van der Waals surface area contributed by atoms with Crippen molar-refractivity contribution in [2.75, 3.05) is 0 Å². The molecule has 0 N–H and O–H groups in total. The normalized spacial score (nSPS) is 10.6. The second kappa shape index (κ2) is 5.75. The first-order valence-electron chi connectivity index (χ1n) is 6.06. The van der Waals surface area contributed by atoms with Gasteiger partial charge in [-0.05, 0) is 17.5 Å². The second-order valence-corrected chi connectivity index (χ2v) is 5.28. The van der Waals surface area contributed by atoms with Gasteiger partial charge < -0.3 is 13.8 Å². The van der Waals surface area contributed by atoms with Gasteiger partial charge in [-0.3, -0.25) is 4.79 Å². The first-order valence-corrected chi connectivity index (χ1v) is 6.94. The number of nitrogens with zero attached hydrogens (tertiary/aromatic N) is 2. The number of carbonyl (C=O) groups is 1. The number of aromatic nitrogens is 1. The van der Waals surface area contributed by atoms with E-state index >= 15 is 0 Å². The molecule has 0 saturated carbocycles. The molecule has 0 saturated heterocycles. The molecule has 3 rings (SSSR count). The fourth-order valence-electron chi connectivity index (χ4n) is 1.88. The molecule has 0 bridgehead atoms. The lowest BCUT2D eigenvalue weighted by Crippen LogP contribution is -2.29. The van der Waals surface area contributed by atoms with E-state index in [2.05, 4.69) is 5.16 Å². The molecule has 1 amide bonds. The van der Waals surface area contributed by atoms with Gasteiger partial charge in [-0.15, -0.1) is 11.3 Å². The van der Waals surface area contributed by atoms with E-state index in [4.69, 9.17) is 8.94 Å². The van der Waals surface area contributed by atoms with Crippen LogP contribution in [0, 0.1) is 0 Å². The van der Waals surface area contributed by atoms with Crippen LogP contribution in [0.2, 0.25) is 0 Å². The van der Waals surface area contributed by atoms with Gasteiger partial charge in [0.1, 0.15) is 0 Å². The Morgan fingerprint density at radius 1 is 1.30 bits per heavy atom. The largest absolute Gasteiger partial charge is 0.472 e. The monoisotopic (exact) mass is 288 g/mol. The average Bonchev–Trinajstić information content (AvgIpc) is 3.20. The Hall–Kier alpha value is -2.34. The van der Waals surface area contributed by atoms with Crippen molar-refractivity contribution in [1.29, 1.82) is 0 Å². The minimum Gasteiger partial charge on any atom is -0.472 e. The van der Waals surface area contributed by atoms with Gasteiger partial charge in [-0.1, -0.05) is 11.2 Å². The molecule has 5 nitrogen and oxygen atoms in total. The van der Waals surface area contributed by atoms with Crippen molar-refractivity contribution < 1.29 is 13.7 Å². The van der Waals surface area contributed by atoms with E-state index in [0.717, 1.165) is 10.4 Å². The standard InChI is InChI=1S/C14H12N2O3S/c17-14(13-3-5-15-19-13)16(8-11-4-6-18-10-11)9-12-2-1-7-20-12/h1-7,10H,8-9H2. The molecule has 6 heteroatoms. The summed E-state index contributed by atoms with van der Waals surface area (Å²) in [4.78, 5) is 15.2. The maximum Gasteiger partial charge on any atom is 0.293 e. The fourth-order valence-corrected chi connectivity index (χ4v) is 2.59. The zero-order chi connectivity index (χ0) is 13.8. The van der Waals surface area contributed by atoms with E-state index in [0.29, 0.717) is 13.1 Å². The molecular formula is C14H12N2O3S. The highest BCUT2D eigenvalue weighted by Gasteiger charge is 2.20. The summed E-state index contributed by atoms with van der Waals surface area (Å²) in [6.07, 6.45) is 4.70. The minimum atomic E-state index is -0.183. The molecule has 0 aromatic carbocycles. The van der Waals surface area contributed by atoms with Gasteiger partial charge in [0.2, 0.25) is 5.76 Å². The SMILES string of the molecule is O=C(c1ccno1)N(Cc1ccoc1)Cc1cccs1. The Balaban J connectivity index is 1.81. The third kappa shape index (κ3) is 2.80. The lowest BCUT2D eigenvalue weighted by molar-refractivity contribution is 0.0689. The van der Waals surface area contributed by atoms with E-state index in [1.807, 2.05) is 23.6 Å². The topological polar surface area (TPSA) is 59.5 Å². The van der Waals surface area contributed by atoms with Crippen LogP contribution in [0.15, 0.2) is 57.3 Å². The zero-order valence-corrected chi connectivity index (χ0v) is 11.4. The van der Waals surface area contributed by atoms with Crippen molar-refractivity contribution in [1.82, 2.24) is 10.1 Å². The van der Waals surface area contributed by atoms with Gasteiger partial charge in [0, 0.05) is 23.1 Å². The van der Waals surface area contributed by atoms with Crippen LogP contribution in [-0.4, -0.2) is 16.0 Å². The highest BCUT2D eigenvalue weighted by Crippen LogP contribution is 2.17. The van der Waals surface area contributed by atoms with Crippen molar-refractivity contribution in [3.8, 4) is 0 Å². The number of thiophene rings is 1. The molecule has 102 valence electrons. The molecule has 0 atom stereocenters. The van der Waals surface area contributed by atoms with Crippen molar-refractivity contribution in [3.63, 3.8) is 0 Å². The molecule has 0 radical (unpaired) electrons. The van der Waals surface area contributed by atoms with Crippen LogP contribution in [0.4, 0.5) is 0 Å². The summed E-state index contributed by atoms with van der Waals surface area (Å²) in [6.45, 7) is 0.996. The minimum absolute atomic E-state index is 0.183. The van der Waals surface area contributed by atoms with Crippen LogP contribution in [-0.2, 0) is 13.1 Å². The molecule has 0 unspecified atom stereocenters. The van der Waals surface area contributed by atoms with Gasteiger partial charge in [-0.2, -0.15) is 0 Å². The van der Waals surface area contributed by atoms with E-state index < -0.39 is 0 Å². The quantitative estimate of drug-likeness (QED) is 0.723. The van der Waals surface area contributed by atoms with Crippen molar-refractivity contribution >= 4 is 17.2 Å². The number of amides is 1. The van der Waals surface area contributed by atoms with Crippen LogP contribution in [0.1, 0.15) is 21.0 Å². The Morgan fingerprint density at radius 2 is 2.25 bits per heavy atom. The molecule has 0 aliphatic carbocycles. The zero-order valence-electron chi connectivity index (χ0n) is 10.6. The fraction of sp³-hybridized carbons (Fsp3) is 0.143. The predicted molar refractivity (Wildman–Crippen MR) is 73.1 cm³/mol. The first-order chi connectivity index (χ1) is 9.83. The average molecular weight is 288 g/mol. The van der Waals surface area contributed by atoms with Crippen molar-refractivity contribution in [3.05, 3.63) is 64.6 Å². The Kier molecular flexibility index (Phi) is 3.64. The molecule has 3 aromatic heterocycles. The van der Waals surface area contributed by atoms with Gasteiger partial charge in [0.15, 0.2) is 0 Å². The summed E-state index contributed by atoms with van der Waals surface area (Å²) in [5, 5.41) is 5.57. The van der Waals surface area contributed by atoms with E-state index in [1.165, 1.54) is 6.20 Å². The van der Waals surface area contributed by atoms with E-state index in [9.17, 15) is 4.79 Å². The smallest absolute Gasteiger partial charge is 0.293 e. The molecule has 0 spiro atoms. The summed E-state index contributed by atoms with van der Waals surface area (Å²) in [6, 6.07) is 7.38. The van der Waals surface area contributed by atoms with Crippen molar-refractivity contribution in [2.24, 2.45) is 0 Å². The van der Waals surface area contributed by atoms with Crippen LogP contribution < -0.4 is 0 Å². The molecule has 3 aromatic rings. The third-order valence-electron chi connectivity index (χ3n) is 2.82. The summed E-state index contributed by atoms with van der Waals surface area (Å²) in [5.41, 5.74) is 0.939. The maximum absolute atomic E-state index is 12.4. The Labute approximate surface area is 119 Å². The van der Waals surface area contributed by atoms with Crippen LogP contribution in [0.3, 0.4) is 0 Å². The summed E-state index contributed by atoms with van der Waals surface area (Å²) >= 11 is 1.61. The van der Waals surface area contributed by atoms with Gasteiger partial charge >= 0.3 is 0 Å².